The van der Waals surface area contributed by atoms with Crippen LogP contribution in [0.5, 0.6) is 0 Å². The molecule has 0 aromatic heterocycles. The first-order valence-electron chi connectivity index (χ1n) is 7.06. The summed E-state index contributed by atoms with van der Waals surface area (Å²) in [6.07, 6.45) is 3.84. The smallest absolute Gasteiger partial charge is 0.152 e. The molecule has 0 saturated carbocycles. The highest BCUT2D eigenvalue weighted by atomic mass is 16.1. The highest BCUT2D eigenvalue weighted by Crippen LogP contribution is 2.25. The summed E-state index contributed by atoms with van der Waals surface area (Å²) in [5.74, 6) is 2.01. The summed E-state index contributed by atoms with van der Waals surface area (Å²) in [6.45, 7) is 13.5. The van der Waals surface area contributed by atoms with E-state index in [1.807, 2.05) is 20.8 Å². The molecule has 1 aliphatic rings. The monoisotopic (exact) mass is 239 g/mol. The van der Waals surface area contributed by atoms with E-state index in [0.717, 1.165) is 24.9 Å². The number of nitrogens with zero attached hydrogens (tertiary/aromatic N) is 1. The van der Waals surface area contributed by atoms with Crippen molar-refractivity contribution in [3.63, 3.8) is 0 Å². The van der Waals surface area contributed by atoms with Crippen molar-refractivity contribution in [3.05, 3.63) is 0 Å². The number of ketones is 1. The van der Waals surface area contributed by atoms with E-state index in [4.69, 9.17) is 0 Å². The molecule has 100 valence electrons. The van der Waals surface area contributed by atoms with E-state index in [0.29, 0.717) is 12.3 Å². The van der Waals surface area contributed by atoms with Crippen LogP contribution in [-0.2, 0) is 4.79 Å². The number of carbonyl (C=O) groups is 1. The Balaban J connectivity index is 2.44. The van der Waals surface area contributed by atoms with Crippen molar-refractivity contribution in [2.45, 2.75) is 53.9 Å². The van der Waals surface area contributed by atoms with Crippen molar-refractivity contribution >= 4 is 5.78 Å². The molecular formula is C15H29NO. The molecule has 0 aromatic rings. The van der Waals surface area contributed by atoms with Crippen LogP contribution in [0.4, 0.5) is 0 Å². The fraction of sp³-hybridized carbons (Fsp3) is 0.933. The second kappa shape index (κ2) is 5.99. The molecule has 1 atom stereocenters. The standard InChI is InChI=1S/C15H29NO/c1-12(2)13-7-6-9-16(10-8-13)11-14(17)15(3,4)5/h12-13H,6-11H2,1-5H3. The zero-order chi connectivity index (χ0) is 13.1. The van der Waals surface area contributed by atoms with Gasteiger partial charge in [-0.3, -0.25) is 9.69 Å². The molecular weight excluding hydrogens is 210 g/mol. The van der Waals surface area contributed by atoms with Gasteiger partial charge in [0.05, 0.1) is 6.54 Å². The average molecular weight is 239 g/mol. The second-order valence-corrected chi connectivity index (χ2v) is 6.88. The van der Waals surface area contributed by atoms with Crippen LogP contribution in [0, 0.1) is 17.3 Å². The van der Waals surface area contributed by atoms with Crippen LogP contribution < -0.4 is 0 Å². The molecule has 0 spiro atoms. The van der Waals surface area contributed by atoms with Crippen molar-refractivity contribution in [2.24, 2.45) is 17.3 Å². The average Bonchev–Trinajstić information content (AvgIpc) is 2.41. The van der Waals surface area contributed by atoms with Gasteiger partial charge in [-0.15, -0.1) is 0 Å². The number of hydrogen-bond acceptors (Lipinski definition) is 2. The fourth-order valence-corrected chi connectivity index (χ4v) is 2.45. The van der Waals surface area contributed by atoms with E-state index in [-0.39, 0.29) is 5.41 Å². The van der Waals surface area contributed by atoms with Gasteiger partial charge in [0.25, 0.3) is 0 Å². The lowest BCUT2D eigenvalue weighted by Gasteiger charge is -2.24. The molecule has 0 bridgehead atoms. The van der Waals surface area contributed by atoms with Gasteiger partial charge in [-0.25, -0.2) is 0 Å². The summed E-state index contributed by atoms with van der Waals surface area (Å²) in [7, 11) is 0. The molecule has 1 unspecified atom stereocenters. The van der Waals surface area contributed by atoms with Gasteiger partial charge in [0.2, 0.25) is 0 Å². The van der Waals surface area contributed by atoms with Crippen LogP contribution in [0.15, 0.2) is 0 Å². The predicted octanol–water partition coefficient (Wildman–Crippen LogP) is 3.36. The Morgan fingerprint density at radius 3 is 2.41 bits per heavy atom. The van der Waals surface area contributed by atoms with E-state index in [9.17, 15) is 4.79 Å². The summed E-state index contributed by atoms with van der Waals surface area (Å²) in [6, 6.07) is 0. The first kappa shape index (κ1) is 14.7. The highest BCUT2D eigenvalue weighted by Gasteiger charge is 2.25. The lowest BCUT2D eigenvalue weighted by Crippen LogP contribution is -2.36. The maximum atomic E-state index is 12.0. The normalized spacial score (nSPS) is 23.8. The van der Waals surface area contributed by atoms with Crippen molar-refractivity contribution in [1.82, 2.24) is 4.90 Å². The van der Waals surface area contributed by atoms with Gasteiger partial charge in [0, 0.05) is 5.41 Å². The van der Waals surface area contributed by atoms with E-state index in [1.165, 1.54) is 19.3 Å². The van der Waals surface area contributed by atoms with Gasteiger partial charge in [-0.2, -0.15) is 0 Å². The van der Waals surface area contributed by atoms with Crippen LogP contribution in [0.2, 0.25) is 0 Å². The summed E-state index contributed by atoms with van der Waals surface area (Å²) in [5.41, 5.74) is -0.191. The van der Waals surface area contributed by atoms with Crippen molar-refractivity contribution in [1.29, 1.82) is 0 Å². The Morgan fingerprint density at radius 1 is 1.24 bits per heavy atom. The van der Waals surface area contributed by atoms with Crippen LogP contribution in [-0.4, -0.2) is 30.3 Å². The van der Waals surface area contributed by atoms with Gasteiger partial charge in [-0.1, -0.05) is 34.6 Å². The fourth-order valence-electron chi connectivity index (χ4n) is 2.45. The third-order valence-corrected chi connectivity index (χ3v) is 4.01. The van der Waals surface area contributed by atoms with Gasteiger partial charge >= 0.3 is 0 Å². The van der Waals surface area contributed by atoms with Gasteiger partial charge < -0.3 is 0 Å². The lowest BCUT2D eigenvalue weighted by molar-refractivity contribution is -0.127. The third-order valence-electron chi connectivity index (χ3n) is 4.01. The largest absolute Gasteiger partial charge is 0.298 e. The lowest BCUT2D eigenvalue weighted by atomic mass is 9.89. The number of carbonyl (C=O) groups excluding carboxylic acids is 1. The second-order valence-electron chi connectivity index (χ2n) is 6.88. The molecule has 1 aliphatic heterocycles. The molecule has 2 nitrogen and oxygen atoms in total. The quantitative estimate of drug-likeness (QED) is 0.752. The first-order chi connectivity index (χ1) is 7.80. The summed E-state index contributed by atoms with van der Waals surface area (Å²) in [5, 5.41) is 0. The van der Waals surface area contributed by atoms with Gasteiger partial charge in [0.1, 0.15) is 0 Å². The molecule has 0 radical (unpaired) electrons. The minimum absolute atomic E-state index is 0.191. The molecule has 0 N–H and O–H groups in total. The number of rotatable bonds is 3. The molecule has 0 aromatic carbocycles. The molecule has 2 heteroatoms. The van der Waals surface area contributed by atoms with Crippen LogP contribution >= 0.6 is 0 Å². The zero-order valence-corrected chi connectivity index (χ0v) is 12.3. The van der Waals surface area contributed by atoms with Gasteiger partial charge in [-0.05, 0) is 44.2 Å². The number of hydrogen-bond donors (Lipinski definition) is 0. The third kappa shape index (κ3) is 4.79. The van der Waals surface area contributed by atoms with Crippen molar-refractivity contribution < 1.29 is 4.79 Å². The Kier molecular flexibility index (Phi) is 5.18. The first-order valence-corrected chi connectivity index (χ1v) is 7.06. The Bertz CT molecular complexity index is 252. The van der Waals surface area contributed by atoms with Crippen molar-refractivity contribution in [3.8, 4) is 0 Å². The minimum atomic E-state index is -0.191. The summed E-state index contributed by atoms with van der Waals surface area (Å²) < 4.78 is 0. The summed E-state index contributed by atoms with van der Waals surface area (Å²) in [4.78, 5) is 14.4. The van der Waals surface area contributed by atoms with E-state index in [2.05, 4.69) is 18.7 Å². The molecule has 1 rings (SSSR count). The Hall–Kier alpha value is -0.370. The molecule has 17 heavy (non-hydrogen) atoms. The van der Waals surface area contributed by atoms with Crippen LogP contribution in [0.25, 0.3) is 0 Å². The summed E-state index contributed by atoms with van der Waals surface area (Å²) >= 11 is 0. The van der Waals surface area contributed by atoms with E-state index >= 15 is 0 Å². The molecule has 1 heterocycles. The van der Waals surface area contributed by atoms with E-state index < -0.39 is 0 Å². The van der Waals surface area contributed by atoms with Crippen LogP contribution in [0.1, 0.15) is 53.9 Å². The van der Waals surface area contributed by atoms with Crippen molar-refractivity contribution in [2.75, 3.05) is 19.6 Å². The molecule has 0 amide bonds. The Labute approximate surface area is 107 Å². The van der Waals surface area contributed by atoms with Crippen LogP contribution in [0.3, 0.4) is 0 Å². The topological polar surface area (TPSA) is 20.3 Å². The highest BCUT2D eigenvalue weighted by molar-refractivity contribution is 5.85. The zero-order valence-electron chi connectivity index (χ0n) is 12.3. The number of Topliss-reactive ketones (excluding diaryl/α,β-unsaturated/α-hetero) is 1. The minimum Gasteiger partial charge on any atom is -0.298 e. The van der Waals surface area contributed by atoms with E-state index in [1.54, 1.807) is 0 Å². The SMILES string of the molecule is CC(C)C1CCCN(CC(=O)C(C)(C)C)CC1. The molecule has 0 aliphatic carbocycles. The molecule has 1 saturated heterocycles. The van der Waals surface area contributed by atoms with Gasteiger partial charge in [0.15, 0.2) is 5.78 Å². The Morgan fingerprint density at radius 2 is 1.88 bits per heavy atom. The maximum Gasteiger partial charge on any atom is 0.152 e. The predicted molar refractivity (Wildman–Crippen MR) is 73.1 cm³/mol. The molecule has 1 fully saturated rings. The number of likely N-dealkylation sites (tertiary alicyclic amines) is 1. The maximum absolute atomic E-state index is 12.0.